The van der Waals surface area contributed by atoms with Crippen molar-refractivity contribution in [1.82, 2.24) is 14.9 Å². The number of aromatic nitrogens is 2. The van der Waals surface area contributed by atoms with E-state index in [0.29, 0.717) is 18.8 Å². The second kappa shape index (κ2) is 4.92. The van der Waals surface area contributed by atoms with Crippen LogP contribution >= 0.6 is 0 Å². The Morgan fingerprint density at radius 1 is 1.15 bits per heavy atom. The highest BCUT2D eigenvalue weighted by molar-refractivity contribution is 5.93. The number of benzene rings is 1. The van der Waals surface area contributed by atoms with Crippen LogP contribution in [-0.2, 0) is 13.1 Å². The number of carbonyl (C=O) groups is 1. The molecular weight excluding hydrogens is 252 g/mol. The van der Waals surface area contributed by atoms with Gasteiger partial charge in [-0.15, -0.1) is 0 Å². The Morgan fingerprint density at radius 3 is 2.40 bits per heavy atom. The summed E-state index contributed by atoms with van der Waals surface area (Å²) in [6.45, 7) is 1.30. The molecule has 1 amide bonds. The molecule has 0 N–H and O–H groups in total. The number of nitrogens with zero attached hydrogens (tertiary/aromatic N) is 4. The van der Waals surface area contributed by atoms with E-state index in [1.54, 1.807) is 6.07 Å². The van der Waals surface area contributed by atoms with E-state index in [2.05, 4.69) is 22.1 Å². The van der Waals surface area contributed by atoms with Gasteiger partial charge in [-0.05, 0) is 11.1 Å². The molecule has 2 heterocycles. The van der Waals surface area contributed by atoms with Crippen molar-refractivity contribution in [2.24, 2.45) is 0 Å². The van der Waals surface area contributed by atoms with Crippen molar-refractivity contribution in [3.63, 3.8) is 0 Å². The minimum Gasteiger partial charge on any atom is -0.363 e. The van der Waals surface area contributed by atoms with Gasteiger partial charge in [0.05, 0.1) is 0 Å². The fourth-order valence-electron chi connectivity index (χ4n) is 2.35. The van der Waals surface area contributed by atoms with Crippen LogP contribution in [0, 0.1) is 0 Å². The number of amides is 1. The SMILES string of the molecule is CN(C)c1cc(C(=O)N2Cc3ccccc3C2)ncn1. The Balaban J connectivity index is 1.83. The molecule has 2 aromatic rings. The van der Waals surface area contributed by atoms with Crippen molar-refractivity contribution in [3.05, 3.63) is 53.5 Å². The number of hydrogen-bond acceptors (Lipinski definition) is 4. The summed E-state index contributed by atoms with van der Waals surface area (Å²) in [7, 11) is 3.78. The summed E-state index contributed by atoms with van der Waals surface area (Å²) < 4.78 is 0. The molecule has 0 saturated heterocycles. The van der Waals surface area contributed by atoms with Crippen LogP contribution in [0.4, 0.5) is 5.82 Å². The van der Waals surface area contributed by atoms with Crippen LogP contribution < -0.4 is 4.90 Å². The molecule has 0 atom stereocenters. The molecule has 0 radical (unpaired) electrons. The lowest BCUT2D eigenvalue weighted by molar-refractivity contribution is 0.0745. The average molecular weight is 268 g/mol. The highest BCUT2D eigenvalue weighted by Gasteiger charge is 2.24. The molecule has 0 fully saturated rings. The minimum atomic E-state index is -0.0494. The van der Waals surface area contributed by atoms with Crippen molar-refractivity contribution < 1.29 is 4.79 Å². The quantitative estimate of drug-likeness (QED) is 0.832. The van der Waals surface area contributed by atoms with Crippen molar-refractivity contribution in [2.75, 3.05) is 19.0 Å². The molecule has 0 unspecified atom stereocenters. The Bertz CT molecular complexity index is 629. The molecule has 1 aliphatic rings. The van der Waals surface area contributed by atoms with Gasteiger partial charge in [-0.3, -0.25) is 4.79 Å². The third-order valence-electron chi connectivity index (χ3n) is 3.46. The van der Waals surface area contributed by atoms with Crippen molar-refractivity contribution in [2.45, 2.75) is 13.1 Å². The van der Waals surface area contributed by atoms with E-state index in [4.69, 9.17) is 0 Å². The largest absolute Gasteiger partial charge is 0.363 e. The summed E-state index contributed by atoms with van der Waals surface area (Å²) in [5.41, 5.74) is 2.86. The molecule has 0 spiro atoms. The van der Waals surface area contributed by atoms with E-state index >= 15 is 0 Å². The lowest BCUT2D eigenvalue weighted by atomic mass is 10.1. The molecule has 5 heteroatoms. The van der Waals surface area contributed by atoms with Crippen LogP contribution in [0.2, 0.25) is 0 Å². The van der Waals surface area contributed by atoms with E-state index in [9.17, 15) is 4.79 Å². The molecule has 0 bridgehead atoms. The van der Waals surface area contributed by atoms with Gasteiger partial charge in [-0.1, -0.05) is 24.3 Å². The first kappa shape index (κ1) is 12.6. The number of carbonyl (C=O) groups excluding carboxylic acids is 1. The van der Waals surface area contributed by atoms with Crippen LogP contribution in [0.1, 0.15) is 21.6 Å². The first-order chi connectivity index (χ1) is 9.65. The minimum absolute atomic E-state index is 0.0494. The van der Waals surface area contributed by atoms with Crippen LogP contribution in [0.5, 0.6) is 0 Å². The van der Waals surface area contributed by atoms with E-state index in [1.807, 2.05) is 36.0 Å². The van der Waals surface area contributed by atoms with Crippen molar-refractivity contribution >= 4 is 11.7 Å². The topological polar surface area (TPSA) is 49.3 Å². The van der Waals surface area contributed by atoms with E-state index < -0.39 is 0 Å². The lowest BCUT2D eigenvalue weighted by Crippen LogP contribution is -2.26. The Hall–Kier alpha value is -2.43. The second-order valence-corrected chi connectivity index (χ2v) is 5.09. The van der Waals surface area contributed by atoms with Gasteiger partial charge in [-0.25, -0.2) is 9.97 Å². The van der Waals surface area contributed by atoms with Crippen molar-refractivity contribution in [1.29, 1.82) is 0 Å². The summed E-state index contributed by atoms with van der Waals surface area (Å²) in [6, 6.07) is 9.86. The van der Waals surface area contributed by atoms with Gasteiger partial charge in [0.2, 0.25) is 0 Å². The Labute approximate surface area is 117 Å². The molecule has 5 nitrogen and oxygen atoms in total. The summed E-state index contributed by atoms with van der Waals surface area (Å²) in [4.78, 5) is 24.4. The Kier molecular flexibility index (Phi) is 3.10. The van der Waals surface area contributed by atoms with Crippen LogP contribution in [0.3, 0.4) is 0 Å². The van der Waals surface area contributed by atoms with Crippen LogP contribution in [0.15, 0.2) is 36.7 Å². The Morgan fingerprint density at radius 2 is 1.80 bits per heavy atom. The summed E-state index contributed by atoms with van der Waals surface area (Å²) in [5.74, 6) is 0.687. The third kappa shape index (κ3) is 2.22. The molecule has 0 saturated carbocycles. The molecular formula is C15H16N4O. The number of fused-ring (bicyclic) bond motifs is 1. The van der Waals surface area contributed by atoms with Gasteiger partial charge in [0.15, 0.2) is 0 Å². The first-order valence-corrected chi connectivity index (χ1v) is 6.50. The van der Waals surface area contributed by atoms with E-state index in [0.717, 1.165) is 5.82 Å². The monoisotopic (exact) mass is 268 g/mol. The predicted octanol–water partition coefficient (Wildman–Crippen LogP) is 1.70. The standard InChI is InChI=1S/C15H16N4O/c1-18(2)14-7-13(16-10-17-14)15(20)19-8-11-5-3-4-6-12(11)9-19/h3-7,10H,8-9H2,1-2H3. The van der Waals surface area contributed by atoms with E-state index in [-0.39, 0.29) is 5.91 Å². The van der Waals surface area contributed by atoms with Gasteiger partial charge in [0, 0.05) is 33.3 Å². The molecule has 20 heavy (non-hydrogen) atoms. The average Bonchev–Trinajstić information content (AvgIpc) is 2.90. The van der Waals surface area contributed by atoms with Crippen LogP contribution in [0.25, 0.3) is 0 Å². The van der Waals surface area contributed by atoms with Gasteiger partial charge < -0.3 is 9.80 Å². The zero-order valence-corrected chi connectivity index (χ0v) is 11.6. The number of rotatable bonds is 2. The zero-order valence-electron chi connectivity index (χ0n) is 11.6. The van der Waals surface area contributed by atoms with Crippen LogP contribution in [-0.4, -0.2) is 34.9 Å². The first-order valence-electron chi connectivity index (χ1n) is 6.50. The van der Waals surface area contributed by atoms with Gasteiger partial charge in [-0.2, -0.15) is 0 Å². The fraction of sp³-hybridized carbons (Fsp3) is 0.267. The maximum Gasteiger partial charge on any atom is 0.273 e. The zero-order chi connectivity index (χ0) is 14.1. The summed E-state index contributed by atoms with van der Waals surface area (Å²) in [5, 5.41) is 0. The number of hydrogen-bond donors (Lipinski definition) is 0. The van der Waals surface area contributed by atoms with Crippen molar-refractivity contribution in [3.8, 4) is 0 Å². The highest BCUT2D eigenvalue weighted by atomic mass is 16.2. The maximum atomic E-state index is 12.5. The highest BCUT2D eigenvalue weighted by Crippen LogP contribution is 2.23. The van der Waals surface area contributed by atoms with Gasteiger partial charge in [0.25, 0.3) is 5.91 Å². The predicted molar refractivity (Wildman–Crippen MR) is 76.4 cm³/mol. The van der Waals surface area contributed by atoms with E-state index in [1.165, 1.54) is 17.5 Å². The molecule has 1 aliphatic heterocycles. The molecule has 1 aromatic carbocycles. The van der Waals surface area contributed by atoms with Gasteiger partial charge in [0.1, 0.15) is 17.8 Å². The molecule has 1 aromatic heterocycles. The smallest absolute Gasteiger partial charge is 0.273 e. The second-order valence-electron chi connectivity index (χ2n) is 5.09. The summed E-state index contributed by atoms with van der Waals surface area (Å²) >= 11 is 0. The maximum absolute atomic E-state index is 12.5. The molecule has 0 aliphatic carbocycles. The third-order valence-corrected chi connectivity index (χ3v) is 3.46. The summed E-state index contributed by atoms with van der Waals surface area (Å²) in [6.07, 6.45) is 1.44. The number of anilines is 1. The lowest BCUT2D eigenvalue weighted by Gasteiger charge is -2.16. The normalized spacial score (nSPS) is 13.2. The fourth-order valence-corrected chi connectivity index (χ4v) is 2.35. The molecule has 102 valence electrons. The molecule has 3 rings (SSSR count). The van der Waals surface area contributed by atoms with Gasteiger partial charge >= 0.3 is 0 Å².